The largest absolute Gasteiger partial charge is 0.180 e. The minimum Gasteiger partial charge on any atom is -0.0623 e. The summed E-state index contributed by atoms with van der Waals surface area (Å²) in [6, 6.07) is 48.0. The van der Waals surface area contributed by atoms with Gasteiger partial charge < -0.3 is 0 Å². The molecule has 0 saturated heterocycles. The topological polar surface area (TPSA) is 0 Å². The lowest BCUT2D eigenvalue weighted by atomic mass is 9.96. The number of rotatable bonds is 2. The predicted molar refractivity (Wildman–Crippen MR) is 149 cm³/mol. The highest BCUT2D eigenvalue weighted by Crippen LogP contribution is 2.34. The van der Waals surface area contributed by atoms with Crippen LogP contribution in [0.4, 0.5) is 0 Å². The summed E-state index contributed by atoms with van der Waals surface area (Å²) in [6.45, 7) is 2.19. The van der Waals surface area contributed by atoms with Gasteiger partial charge in [-0.25, -0.2) is 0 Å². The van der Waals surface area contributed by atoms with Crippen LogP contribution in [0.2, 0.25) is 0 Å². The highest BCUT2D eigenvalue weighted by Gasteiger charge is 2.48. The van der Waals surface area contributed by atoms with Gasteiger partial charge in [-0.1, -0.05) is 127 Å². The third-order valence-electron chi connectivity index (χ3n) is 7.57. The monoisotopic (exact) mass is 448 g/mol. The molecule has 1 heterocycles. The first-order chi connectivity index (χ1) is 16.8. The van der Waals surface area contributed by atoms with E-state index in [2.05, 4.69) is 134 Å². The van der Waals surface area contributed by atoms with Crippen molar-refractivity contribution in [1.82, 2.24) is 0 Å². The van der Waals surface area contributed by atoms with Crippen LogP contribution in [0.5, 0.6) is 0 Å². The lowest BCUT2D eigenvalue weighted by Crippen LogP contribution is -2.72. The summed E-state index contributed by atoms with van der Waals surface area (Å²) in [7, 11) is -2.44. The van der Waals surface area contributed by atoms with Gasteiger partial charge in [0.1, 0.15) is 0 Å². The number of benzene rings is 6. The molecule has 0 spiro atoms. The van der Waals surface area contributed by atoms with E-state index in [4.69, 9.17) is 0 Å². The Morgan fingerprint density at radius 3 is 1.76 bits per heavy atom. The van der Waals surface area contributed by atoms with Crippen LogP contribution >= 0.6 is 0 Å². The number of hydrogen-bond acceptors (Lipinski definition) is 0. The summed E-state index contributed by atoms with van der Waals surface area (Å²) >= 11 is 0. The van der Waals surface area contributed by atoms with Crippen LogP contribution in [0.3, 0.4) is 0 Å². The first-order valence-electron chi connectivity index (χ1n) is 12.0. The third kappa shape index (κ3) is 2.59. The molecule has 0 radical (unpaired) electrons. The van der Waals surface area contributed by atoms with Crippen molar-refractivity contribution >= 4 is 50.4 Å². The Morgan fingerprint density at radius 2 is 1.03 bits per heavy atom. The Labute approximate surface area is 201 Å². The van der Waals surface area contributed by atoms with Crippen LogP contribution in [-0.4, -0.2) is 8.07 Å². The normalized spacial score (nSPS) is 13.7. The van der Waals surface area contributed by atoms with Crippen LogP contribution in [0.15, 0.2) is 127 Å². The molecule has 34 heavy (non-hydrogen) atoms. The van der Waals surface area contributed by atoms with Gasteiger partial charge in [-0.2, -0.15) is 0 Å². The van der Waals surface area contributed by atoms with Gasteiger partial charge in [0, 0.05) is 0 Å². The Morgan fingerprint density at radius 1 is 0.441 bits per heavy atom. The van der Waals surface area contributed by atoms with Crippen LogP contribution in [-0.2, 0) is 0 Å². The number of fused-ring (bicyclic) bond motifs is 6. The van der Waals surface area contributed by atoms with E-state index in [-0.39, 0.29) is 0 Å². The van der Waals surface area contributed by atoms with Gasteiger partial charge in [-0.05, 0) is 66.4 Å². The predicted octanol–water partition coefficient (Wildman–Crippen LogP) is 5.66. The van der Waals surface area contributed by atoms with Crippen molar-refractivity contribution in [3.8, 4) is 11.1 Å². The van der Waals surface area contributed by atoms with Gasteiger partial charge >= 0.3 is 0 Å². The quantitative estimate of drug-likeness (QED) is 0.236. The molecule has 7 rings (SSSR count). The number of aryl methyl sites for hydroxylation is 1. The molecular weight excluding hydrogens is 424 g/mol. The molecule has 0 N–H and O–H groups in total. The van der Waals surface area contributed by atoms with Gasteiger partial charge in [-0.3, -0.25) is 0 Å². The standard InChI is InChI=1S/C33H24Si/c1-23-16-17-24-18-19-25-21-31-28-14-8-9-15-32(28)34(26-10-4-2-5-11-26,27-12-6-3-7-13-27)33(31)22-30(25)29(24)20-23/h2-22H,1H3. The zero-order valence-electron chi connectivity index (χ0n) is 19.1. The van der Waals surface area contributed by atoms with E-state index < -0.39 is 8.07 Å². The van der Waals surface area contributed by atoms with E-state index in [0.29, 0.717) is 0 Å². The summed E-state index contributed by atoms with van der Waals surface area (Å²) in [5.41, 5.74) is 4.09. The Kier molecular flexibility index (Phi) is 4.18. The van der Waals surface area contributed by atoms with Crippen molar-refractivity contribution < 1.29 is 0 Å². The van der Waals surface area contributed by atoms with Crippen molar-refractivity contribution in [2.24, 2.45) is 0 Å². The maximum Gasteiger partial charge on any atom is 0.180 e. The second-order valence-electron chi connectivity index (χ2n) is 9.44. The average molecular weight is 449 g/mol. The van der Waals surface area contributed by atoms with E-state index in [1.807, 2.05) is 0 Å². The molecule has 0 fully saturated rings. The van der Waals surface area contributed by atoms with Crippen LogP contribution in [0, 0.1) is 6.92 Å². The maximum atomic E-state index is 2.54. The fourth-order valence-electron chi connectivity index (χ4n) is 6.10. The van der Waals surface area contributed by atoms with Crippen molar-refractivity contribution in [3.63, 3.8) is 0 Å². The molecule has 1 aliphatic heterocycles. The molecule has 1 heteroatoms. The summed E-state index contributed by atoms with van der Waals surface area (Å²) in [5, 5.41) is 11.2. The van der Waals surface area contributed by atoms with Crippen molar-refractivity contribution in [1.29, 1.82) is 0 Å². The van der Waals surface area contributed by atoms with E-state index in [9.17, 15) is 0 Å². The molecule has 0 bridgehead atoms. The molecule has 160 valence electrons. The highest BCUT2D eigenvalue weighted by atomic mass is 28.3. The highest BCUT2D eigenvalue weighted by molar-refractivity contribution is 7.22. The number of hydrogen-bond donors (Lipinski definition) is 0. The lowest BCUT2D eigenvalue weighted by Gasteiger charge is -2.31. The molecule has 6 aromatic rings. The Balaban J connectivity index is 1.69. The molecule has 0 atom stereocenters. The Bertz CT molecular complexity index is 1660. The van der Waals surface area contributed by atoms with Crippen LogP contribution < -0.4 is 20.7 Å². The summed E-state index contributed by atoms with van der Waals surface area (Å²) in [5.74, 6) is 0. The van der Waals surface area contributed by atoms with E-state index in [0.717, 1.165) is 0 Å². The zero-order chi connectivity index (χ0) is 22.7. The first kappa shape index (κ1) is 19.5. The molecular formula is C33H24Si. The van der Waals surface area contributed by atoms with Crippen molar-refractivity contribution in [3.05, 3.63) is 133 Å². The fraction of sp³-hybridized carbons (Fsp3) is 0.0303. The average Bonchev–Trinajstić information content (AvgIpc) is 3.19. The van der Waals surface area contributed by atoms with Crippen LogP contribution in [0.1, 0.15) is 5.56 Å². The van der Waals surface area contributed by atoms with Gasteiger partial charge in [0.25, 0.3) is 0 Å². The van der Waals surface area contributed by atoms with E-state index in [1.165, 1.54) is 59.0 Å². The zero-order valence-corrected chi connectivity index (χ0v) is 20.1. The second kappa shape index (κ2) is 7.28. The molecule has 0 aliphatic carbocycles. The summed E-state index contributed by atoms with van der Waals surface area (Å²) < 4.78 is 0. The molecule has 0 unspecified atom stereocenters. The maximum absolute atomic E-state index is 2.54. The van der Waals surface area contributed by atoms with Crippen molar-refractivity contribution in [2.75, 3.05) is 0 Å². The minimum absolute atomic E-state index is 1.30. The molecule has 0 nitrogen and oxygen atoms in total. The Hall–Kier alpha value is -3.94. The van der Waals surface area contributed by atoms with Gasteiger partial charge in [0.2, 0.25) is 0 Å². The van der Waals surface area contributed by atoms with Gasteiger partial charge in [0.15, 0.2) is 8.07 Å². The SMILES string of the molecule is Cc1ccc2ccc3cc4c(cc3c2c1)[Si](c1ccccc1)(c1ccccc1)c1ccccc1-4. The third-order valence-corrected chi connectivity index (χ3v) is 12.4. The smallest absolute Gasteiger partial charge is 0.0623 e. The second-order valence-corrected chi connectivity index (χ2v) is 13.2. The lowest BCUT2D eigenvalue weighted by molar-refractivity contribution is 1.51. The summed E-state index contributed by atoms with van der Waals surface area (Å²) in [4.78, 5) is 0. The molecule has 6 aromatic carbocycles. The van der Waals surface area contributed by atoms with Gasteiger partial charge in [0.05, 0.1) is 0 Å². The van der Waals surface area contributed by atoms with Crippen molar-refractivity contribution in [2.45, 2.75) is 6.92 Å². The molecule has 0 amide bonds. The molecule has 1 aliphatic rings. The van der Waals surface area contributed by atoms with E-state index in [1.54, 1.807) is 0 Å². The fourth-order valence-corrected chi connectivity index (χ4v) is 11.3. The van der Waals surface area contributed by atoms with Crippen LogP contribution in [0.25, 0.3) is 32.7 Å². The molecule has 0 saturated carbocycles. The van der Waals surface area contributed by atoms with E-state index >= 15 is 0 Å². The van der Waals surface area contributed by atoms with Gasteiger partial charge in [-0.15, -0.1) is 0 Å². The minimum atomic E-state index is -2.44. The first-order valence-corrected chi connectivity index (χ1v) is 14.0. The molecule has 0 aromatic heterocycles. The summed E-state index contributed by atoms with van der Waals surface area (Å²) in [6.07, 6.45) is 0.